The third-order valence-corrected chi connectivity index (χ3v) is 5.14. The summed E-state index contributed by atoms with van der Waals surface area (Å²) in [5.41, 5.74) is 0.103. The summed E-state index contributed by atoms with van der Waals surface area (Å²) in [6, 6.07) is 8.54. The summed E-state index contributed by atoms with van der Waals surface area (Å²) in [4.78, 5) is 38.0. The summed E-state index contributed by atoms with van der Waals surface area (Å²) in [5.74, 6) is -2.31. The van der Waals surface area contributed by atoms with E-state index in [0.717, 1.165) is 5.56 Å². The molecule has 1 amide bonds. The van der Waals surface area contributed by atoms with Crippen molar-refractivity contribution in [2.24, 2.45) is 5.41 Å². The first-order chi connectivity index (χ1) is 11.6. The summed E-state index contributed by atoms with van der Waals surface area (Å²) in [7, 11) is 0. The number of hydrogen-bond acceptors (Lipinski definition) is 3. The predicted molar refractivity (Wildman–Crippen MR) is 95.0 cm³/mol. The molecule has 1 N–H and O–H groups in total. The molecule has 5 nitrogen and oxygen atoms in total. The Morgan fingerprint density at radius 1 is 1.16 bits per heavy atom. The fraction of sp³-hybridized carbons (Fsp3) is 0.550. The van der Waals surface area contributed by atoms with Crippen molar-refractivity contribution in [3.05, 3.63) is 35.9 Å². The van der Waals surface area contributed by atoms with Gasteiger partial charge in [-0.3, -0.25) is 4.79 Å². The molecule has 0 saturated carbocycles. The highest BCUT2D eigenvalue weighted by atomic mass is 16.4. The minimum absolute atomic E-state index is 0.262. The summed E-state index contributed by atoms with van der Waals surface area (Å²) in [6.45, 7) is 7.80. The molecule has 2 rings (SSSR count). The number of likely N-dealkylation sites (tertiary alicyclic amines) is 1. The van der Waals surface area contributed by atoms with Gasteiger partial charge >= 0.3 is 11.9 Å². The van der Waals surface area contributed by atoms with Gasteiger partial charge in [0.25, 0.3) is 5.78 Å². The maximum Gasteiger partial charge on any atom is 0.383 e. The number of carbonyl (C=O) groups excluding carboxylic acids is 2. The first kappa shape index (κ1) is 19.3. The van der Waals surface area contributed by atoms with E-state index in [1.807, 2.05) is 37.3 Å². The number of nitrogens with zero attached hydrogens (tertiary/aromatic N) is 1. The Balaban J connectivity index is 2.51. The maximum absolute atomic E-state index is 13.2. The second kappa shape index (κ2) is 7.08. The fourth-order valence-corrected chi connectivity index (χ4v) is 3.95. The number of carboxylic acids is 1. The van der Waals surface area contributed by atoms with Crippen LogP contribution < -0.4 is 0 Å². The number of hydrogen-bond donors (Lipinski definition) is 1. The Morgan fingerprint density at radius 2 is 1.76 bits per heavy atom. The number of carboxylic acid groups (broad SMARTS) is 1. The molecule has 1 heterocycles. The van der Waals surface area contributed by atoms with Gasteiger partial charge < -0.3 is 5.11 Å². The SMILES string of the molecule is CCC[N+]1(C(=O)C(=O)C(C)(C)C)CCC(c2ccccc2)[C@H]1C(=O)O. The largest absolute Gasteiger partial charge is 0.477 e. The molecule has 1 aromatic rings. The smallest absolute Gasteiger partial charge is 0.383 e. The molecule has 0 aliphatic carbocycles. The predicted octanol–water partition coefficient (Wildman–Crippen LogP) is 3.00. The first-order valence-corrected chi connectivity index (χ1v) is 8.89. The summed E-state index contributed by atoms with van der Waals surface area (Å²) >= 11 is 0. The zero-order chi connectivity index (χ0) is 18.8. The van der Waals surface area contributed by atoms with Gasteiger partial charge in [-0.15, -0.1) is 0 Å². The van der Waals surface area contributed by atoms with E-state index in [9.17, 15) is 19.5 Å². The molecular weight excluding hydrogens is 318 g/mol. The number of aliphatic carboxylic acids is 1. The molecule has 1 aliphatic rings. The Bertz CT molecular complexity index is 662. The van der Waals surface area contributed by atoms with Crippen LogP contribution in [0.4, 0.5) is 0 Å². The number of amides is 1. The van der Waals surface area contributed by atoms with Gasteiger partial charge in [-0.25, -0.2) is 14.1 Å². The number of quaternary nitrogens is 1. The first-order valence-electron chi connectivity index (χ1n) is 8.89. The summed E-state index contributed by atoms with van der Waals surface area (Å²) in [5, 5.41) is 9.96. The topological polar surface area (TPSA) is 71.4 Å². The van der Waals surface area contributed by atoms with E-state index in [0.29, 0.717) is 25.9 Å². The van der Waals surface area contributed by atoms with Gasteiger partial charge in [0.05, 0.1) is 19.0 Å². The minimum atomic E-state index is -1.00. The molecule has 136 valence electrons. The molecule has 25 heavy (non-hydrogen) atoms. The van der Waals surface area contributed by atoms with Crippen molar-refractivity contribution in [2.45, 2.75) is 52.5 Å². The highest BCUT2D eigenvalue weighted by Gasteiger charge is 2.59. The highest BCUT2D eigenvalue weighted by molar-refractivity contribution is 6.35. The van der Waals surface area contributed by atoms with Gasteiger partial charge in [-0.05, 0) is 12.0 Å². The van der Waals surface area contributed by atoms with Gasteiger partial charge in [0.15, 0.2) is 0 Å². The molecule has 1 fully saturated rings. The van der Waals surface area contributed by atoms with Gasteiger partial charge in [0.2, 0.25) is 6.04 Å². The van der Waals surface area contributed by atoms with E-state index in [1.54, 1.807) is 20.8 Å². The lowest BCUT2D eigenvalue weighted by atomic mass is 9.87. The van der Waals surface area contributed by atoms with Crippen LogP contribution in [0, 0.1) is 5.41 Å². The van der Waals surface area contributed by atoms with Crippen molar-refractivity contribution in [1.29, 1.82) is 0 Å². The zero-order valence-corrected chi connectivity index (χ0v) is 15.5. The van der Waals surface area contributed by atoms with Crippen LogP contribution in [0.5, 0.6) is 0 Å². The van der Waals surface area contributed by atoms with Crippen LogP contribution in [0.3, 0.4) is 0 Å². The Labute approximate surface area is 149 Å². The number of Topliss-reactive ketones (excluding diaryl/α,β-unsaturated/α-hetero) is 1. The Kier molecular flexibility index (Phi) is 5.47. The van der Waals surface area contributed by atoms with Crippen LogP contribution in [-0.2, 0) is 14.4 Å². The van der Waals surface area contributed by atoms with Crippen LogP contribution in [-0.4, -0.2) is 46.4 Å². The van der Waals surface area contributed by atoms with Crippen molar-refractivity contribution < 1.29 is 24.0 Å². The quantitative estimate of drug-likeness (QED) is 0.657. The van der Waals surface area contributed by atoms with Crippen LogP contribution in [0.25, 0.3) is 0 Å². The molecule has 1 saturated heterocycles. The maximum atomic E-state index is 13.2. The van der Waals surface area contributed by atoms with Gasteiger partial charge in [-0.1, -0.05) is 58.0 Å². The second-order valence-electron chi connectivity index (χ2n) is 7.95. The van der Waals surface area contributed by atoms with Gasteiger partial charge in [-0.2, -0.15) is 0 Å². The number of benzene rings is 1. The van der Waals surface area contributed by atoms with Crippen molar-refractivity contribution in [2.75, 3.05) is 13.1 Å². The minimum Gasteiger partial charge on any atom is -0.477 e. The molecule has 1 aromatic carbocycles. The molecule has 0 spiro atoms. The van der Waals surface area contributed by atoms with Gasteiger partial charge in [0, 0.05) is 11.8 Å². The molecule has 0 aromatic heterocycles. The number of carbonyl (C=O) groups is 3. The Hall–Kier alpha value is -2.01. The van der Waals surface area contributed by atoms with E-state index in [4.69, 9.17) is 0 Å². The van der Waals surface area contributed by atoms with E-state index in [2.05, 4.69) is 0 Å². The lowest BCUT2D eigenvalue weighted by molar-refractivity contribution is -0.855. The molecule has 1 aliphatic heterocycles. The van der Waals surface area contributed by atoms with E-state index in [-0.39, 0.29) is 10.4 Å². The van der Waals surface area contributed by atoms with Crippen LogP contribution in [0.2, 0.25) is 0 Å². The van der Waals surface area contributed by atoms with Crippen molar-refractivity contribution in [3.8, 4) is 0 Å². The lowest BCUT2D eigenvalue weighted by Gasteiger charge is -2.37. The third kappa shape index (κ3) is 3.52. The average Bonchev–Trinajstić information content (AvgIpc) is 2.94. The van der Waals surface area contributed by atoms with Crippen molar-refractivity contribution >= 4 is 17.7 Å². The highest BCUT2D eigenvalue weighted by Crippen LogP contribution is 2.40. The molecule has 3 atom stereocenters. The van der Waals surface area contributed by atoms with E-state index >= 15 is 0 Å². The number of rotatable bonds is 5. The Morgan fingerprint density at radius 3 is 2.24 bits per heavy atom. The molecule has 0 bridgehead atoms. The van der Waals surface area contributed by atoms with E-state index < -0.39 is 29.1 Å². The number of ketones is 1. The van der Waals surface area contributed by atoms with Crippen molar-refractivity contribution in [1.82, 2.24) is 0 Å². The summed E-state index contributed by atoms with van der Waals surface area (Å²) < 4.78 is -0.262. The fourth-order valence-electron chi connectivity index (χ4n) is 3.95. The lowest BCUT2D eigenvalue weighted by Crippen LogP contribution is -2.63. The monoisotopic (exact) mass is 346 g/mol. The van der Waals surface area contributed by atoms with Crippen LogP contribution >= 0.6 is 0 Å². The van der Waals surface area contributed by atoms with E-state index in [1.165, 1.54) is 0 Å². The molecule has 5 heteroatoms. The van der Waals surface area contributed by atoms with Crippen molar-refractivity contribution in [3.63, 3.8) is 0 Å². The standard InChI is InChI=1S/C20H27NO4/c1-5-12-21(18(23)17(22)20(2,3)4)13-11-15(16(21)19(24)25)14-9-7-6-8-10-14/h6-10,15-16H,5,11-13H2,1-4H3/p+1/t15?,16-,21?/m0/s1. The zero-order valence-electron chi connectivity index (χ0n) is 15.5. The third-order valence-electron chi connectivity index (χ3n) is 5.14. The second-order valence-corrected chi connectivity index (χ2v) is 7.95. The molecule has 0 radical (unpaired) electrons. The van der Waals surface area contributed by atoms with Gasteiger partial charge in [0.1, 0.15) is 0 Å². The summed E-state index contributed by atoms with van der Waals surface area (Å²) in [6.07, 6.45) is 1.23. The normalized spacial score (nSPS) is 26.4. The average molecular weight is 346 g/mol. The van der Waals surface area contributed by atoms with Crippen LogP contribution in [0.1, 0.15) is 52.0 Å². The molecule has 2 unspecified atom stereocenters. The van der Waals surface area contributed by atoms with Crippen LogP contribution in [0.15, 0.2) is 30.3 Å². The molecular formula is C20H28NO4+.